The topological polar surface area (TPSA) is 47.0 Å². The van der Waals surface area contributed by atoms with E-state index >= 15 is 0 Å². The van der Waals surface area contributed by atoms with Crippen molar-refractivity contribution in [2.45, 2.75) is 0 Å². The van der Waals surface area contributed by atoms with Gasteiger partial charge in [-0.2, -0.15) is 8.75 Å². The second-order valence-electron chi connectivity index (χ2n) is 3.06. The van der Waals surface area contributed by atoms with Gasteiger partial charge in [0.05, 0.1) is 23.9 Å². The molecule has 0 aliphatic rings. The highest BCUT2D eigenvalue weighted by atomic mass is 35.5. The van der Waals surface area contributed by atoms with Crippen molar-refractivity contribution < 1.29 is 4.74 Å². The number of hydrogen-bond donors (Lipinski definition) is 1. The second-order valence-corrected chi connectivity index (χ2v) is 4.00. The molecule has 0 atom stereocenters. The lowest BCUT2D eigenvalue weighted by Crippen LogP contribution is -1.91. The van der Waals surface area contributed by atoms with Gasteiger partial charge >= 0.3 is 0 Å². The molecule has 4 nitrogen and oxygen atoms in total. The largest absolute Gasteiger partial charge is 0.495 e. The van der Waals surface area contributed by atoms with E-state index in [1.165, 1.54) is 11.7 Å². The van der Waals surface area contributed by atoms with E-state index in [2.05, 4.69) is 14.1 Å². The fourth-order valence-electron chi connectivity index (χ4n) is 1.35. The number of nitrogens with zero attached hydrogens (tertiary/aromatic N) is 2. The second kappa shape index (κ2) is 4.67. The number of ether oxygens (including phenoxy) is 1. The summed E-state index contributed by atoms with van der Waals surface area (Å²) < 4.78 is 13.5. The number of nitrogens with one attached hydrogen (secondary N) is 1. The lowest BCUT2D eigenvalue weighted by molar-refractivity contribution is 0.415. The van der Waals surface area contributed by atoms with Gasteiger partial charge in [0.2, 0.25) is 0 Å². The van der Waals surface area contributed by atoms with Crippen LogP contribution in [-0.2, 0) is 0 Å². The first kappa shape index (κ1) is 11.2. The molecular weight excluding hydrogens is 246 g/mol. The predicted molar refractivity (Wildman–Crippen MR) is 66.5 cm³/mol. The number of rotatable bonds is 3. The van der Waals surface area contributed by atoms with Crippen LogP contribution < -0.4 is 10.1 Å². The molecule has 0 unspecified atom stereocenters. The van der Waals surface area contributed by atoms with Crippen LogP contribution in [0.1, 0.15) is 0 Å². The predicted octanol–water partition coefficient (Wildman–Crippen LogP) is 2.91. The Bertz CT molecular complexity index is 501. The van der Waals surface area contributed by atoms with Gasteiger partial charge in [-0.05, 0) is 12.1 Å². The van der Waals surface area contributed by atoms with Crippen LogP contribution in [0.5, 0.6) is 5.75 Å². The van der Waals surface area contributed by atoms with E-state index in [4.69, 9.17) is 16.3 Å². The van der Waals surface area contributed by atoms with Gasteiger partial charge in [0, 0.05) is 12.6 Å². The number of anilines is 1. The molecule has 0 spiro atoms. The van der Waals surface area contributed by atoms with Crippen molar-refractivity contribution in [1.29, 1.82) is 0 Å². The Morgan fingerprint density at radius 3 is 2.88 bits per heavy atom. The summed E-state index contributed by atoms with van der Waals surface area (Å²) in [7, 11) is 3.40. The molecule has 16 heavy (non-hydrogen) atoms. The number of halogens is 1. The molecular formula is C10H10ClN3OS. The molecule has 0 amide bonds. The van der Waals surface area contributed by atoms with Crippen molar-refractivity contribution >= 4 is 29.1 Å². The molecule has 2 rings (SSSR count). The van der Waals surface area contributed by atoms with Gasteiger partial charge in [-0.3, -0.25) is 0 Å². The van der Waals surface area contributed by atoms with E-state index in [-0.39, 0.29) is 0 Å². The monoisotopic (exact) mass is 255 g/mol. The molecule has 1 heterocycles. The molecule has 0 saturated heterocycles. The third-order valence-corrected chi connectivity index (χ3v) is 2.99. The summed E-state index contributed by atoms with van der Waals surface area (Å²) in [6, 6.07) is 5.52. The smallest absolute Gasteiger partial charge is 0.167 e. The van der Waals surface area contributed by atoms with Crippen LogP contribution in [-0.4, -0.2) is 22.9 Å². The molecule has 1 N–H and O–H groups in total. The van der Waals surface area contributed by atoms with Crippen molar-refractivity contribution in [2.24, 2.45) is 0 Å². The van der Waals surface area contributed by atoms with Crippen molar-refractivity contribution in [2.75, 3.05) is 19.5 Å². The van der Waals surface area contributed by atoms with E-state index in [0.29, 0.717) is 10.8 Å². The molecule has 0 aliphatic heterocycles. The maximum absolute atomic E-state index is 5.96. The summed E-state index contributed by atoms with van der Waals surface area (Å²) in [6.07, 6.45) is 0. The van der Waals surface area contributed by atoms with E-state index in [0.717, 1.165) is 17.1 Å². The van der Waals surface area contributed by atoms with Crippen LogP contribution in [0, 0.1) is 0 Å². The van der Waals surface area contributed by atoms with Gasteiger partial charge in [-0.25, -0.2) is 0 Å². The lowest BCUT2D eigenvalue weighted by atomic mass is 10.1. The molecule has 1 aromatic heterocycles. The van der Waals surface area contributed by atoms with Crippen molar-refractivity contribution in [3.63, 3.8) is 0 Å². The van der Waals surface area contributed by atoms with Gasteiger partial charge in [0.1, 0.15) is 11.4 Å². The molecule has 0 fully saturated rings. The third kappa shape index (κ3) is 1.96. The zero-order valence-electron chi connectivity index (χ0n) is 8.82. The fraction of sp³-hybridized carbons (Fsp3) is 0.200. The average Bonchev–Trinajstić information content (AvgIpc) is 2.78. The zero-order chi connectivity index (χ0) is 11.5. The summed E-state index contributed by atoms with van der Waals surface area (Å²) in [4.78, 5) is 0. The first-order chi connectivity index (χ1) is 7.76. The average molecular weight is 256 g/mol. The van der Waals surface area contributed by atoms with E-state index < -0.39 is 0 Å². The first-order valence-corrected chi connectivity index (χ1v) is 5.71. The molecule has 0 radical (unpaired) electrons. The zero-order valence-corrected chi connectivity index (χ0v) is 10.4. The number of aromatic nitrogens is 2. The van der Waals surface area contributed by atoms with Crippen molar-refractivity contribution in [3.05, 3.63) is 23.2 Å². The lowest BCUT2D eigenvalue weighted by Gasteiger charge is -2.05. The van der Waals surface area contributed by atoms with Crippen LogP contribution in [0.15, 0.2) is 18.2 Å². The summed E-state index contributed by atoms with van der Waals surface area (Å²) >= 11 is 7.12. The molecule has 0 aliphatic carbocycles. The Kier molecular flexibility index (Phi) is 3.26. The van der Waals surface area contributed by atoms with E-state index in [1.54, 1.807) is 13.2 Å². The minimum absolute atomic E-state index is 0.584. The minimum atomic E-state index is 0.584. The third-order valence-electron chi connectivity index (χ3n) is 2.15. The Balaban J connectivity index is 2.48. The molecule has 6 heteroatoms. The van der Waals surface area contributed by atoms with Crippen LogP contribution in [0.25, 0.3) is 11.3 Å². The summed E-state index contributed by atoms with van der Waals surface area (Å²) in [5, 5.41) is 3.57. The van der Waals surface area contributed by atoms with Crippen molar-refractivity contribution in [1.82, 2.24) is 8.75 Å². The standard InChI is InChI=1S/C10H10ClN3OS/c1-12-10-9(13-16-14-10)6-3-4-7(11)8(5-6)15-2/h3-5H,1-2H3,(H,12,14). The quantitative estimate of drug-likeness (QED) is 0.916. The minimum Gasteiger partial charge on any atom is -0.495 e. The molecule has 0 saturated carbocycles. The summed E-state index contributed by atoms with van der Waals surface area (Å²) in [5.41, 5.74) is 1.74. The first-order valence-electron chi connectivity index (χ1n) is 4.60. The van der Waals surface area contributed by atoms with Gasteiger partial charge in [-0.15, -0.1) is 0 Å². The molecule has 84 valence electrons. The van der Waals surface area contributed by atoms with E-state index in [9.17, 15) is 0 Å². The fourth-order valence-corrected chi connectivity index (χ4v) is 2.12. The highest BCUT2D eigenvalue weighted by molar-refractivity contribution is 6.99. The maximum atomic E-state index is 5.96. The van der Waals surface area contributed by atoms with Gasteiger partial charge < -0.3 is 10.1 Å². The van der Waals surface area contributed by atoms with Crippen molar-refractivity contribution in [3.8, 4) is 17.0 Å². The van der Waals surface area contributed by atoms with Gasteiger partial charge in [-0.1, -0.05) is 17.7 Å². The Morgan fingerprint density at radius 2 is 2.19 bits per heavy atom. The normalized spacial score (nSPS) is 10.2. The summed E-state index contributed by atoms with van der Waals surface area (Å²) in [6.45, 7) is 0. The highest BCUT2D eigenvalue weighted by Gasteiger charge is 2.11. The molecule has 2 aromatic rings. The van der Waals surface area contributed by atoms with Crippen LogP contribution in [0.4, 0.5) is 5.82 Å². The van der Waals surface area contributed by atoms with Gasteiger partial charge in [0.15, 0.2) is 5.82 Å². The number of hydrogen-bond acceptors (Lipinski definition) is 5. The van der Waals surface area contributed by atoms with E-state index in [1.807, 2.05) is 19.2 Å². The van der Waals surface area contributed by atoms with Crippen LogP contribution >= 0.6 is 23.3 Å². The Labute approximate surface area is 103 Å². The SMILES string of the molecule is CNc1nsnc1-c1ccc(Cl)c(OC)c1. The van der Waals surface area contributed by atoms with Crippen LogP contribution in [0.2, 0.25) is 5.02 Å². The maximum Gasteiger partial charge on any atom is 0.167 e. The Morgan fingerprint density at radius 1 is 1.38 bits per heavy atom. The highest BCUT2D eigenvalue weighted by Crippen LogP contribution is 2.32. The Hall–Kier alpha value is -1.33. The summed E-state index contributed by atoms with van der Waals surface area (Å²) in [5.74, 6) is 1.39. The number of benzene rings is 1. The van der Waals surface area contributed by atoms with Crippen LogP contribution in [0.3, 0.4) is 0 Å². The van der Waals surface area contributed by atoms with Gasteiger partial charge in [0.25, 0.3) is 0 Å². The molecule has 1 aromatic carbocycles. The molecule has 0 bridgehead atoms. The number of methoxy groups -OCH3 is 1.